The van der Waals surface area contributed by atoms with Crippen LogP contribution in [0.2, 0.25) is 0 Å². The summed E-state index contributed by atoms with van der Waals surface area (Å²) in [6.07, 6.45) is 3.64. The Kier molecular flexibility index (Phi) is 5.25. The molecule has 0 aliphatic carbocycles. The van der Waals surface area contributed by atoms with E-state index in [0.29, 0.717) is 18.0 Å². The van der Waals surface area contributed by atoms with Crippen LogP contribution < -0.4 is 5.56 Å². The van der Waals surface area contributed by atoms with Crippen molar-refractivity contribution in [3.63, 3.8) is 0 Å². The normalized spacial score (nSPS) is 15.0. The number of halogens is 1. The van der Waals surface area contributed by atoms with Gasteiger partial charge in [0.1, 0.15) is 17.9 Å². The predicted molar refractivity (Wildman–Crippen MR) is 122 cm³/mol. The van der Waals surface area contributed by atoms with E-state index in [1.807, 2.05) is 33.7 Å². The number of benzene rings is 2. The van der Waals surface area contributed by atoms with Crippen molar-refractivity contribution in [3.05, 3.63) is 76.5 Å². The Balaban J connectivity index is 1.56. The summed E-state index contributed by atoms with van der Waals surface area (Å²) in [5.41, 5.74) is 2.00. The Bertz CT molecular complexity index is 1350. The molecule has 2 aromatic heterocycles. The molecule has 0 unspecified atom stereocenters. The number of rotatable bonds is 4. The topological polar surface area (TPSA) is 60.1 Å². The van der Waals surface area contributed by atoms with Crippen molar-refractivity contribution in [1.29, 1.82) is 0 Å². The molecule has 5 rings (SSSR count). The van der Waals surface area contributed by atoms with E-state index in [1.54, 1.807) is 18.3 Å². The lowest BCUT2D eigenvalue weighted by molar-refractivity contribution is -0.133. The highest BCUT2D eigenvalue weighted by Crippen LogP contribution is 2.27. The van der Waals surface area contributed by atoms with Gasteiger partial charge < -0.3 is 9.47 Å². The van der Waals surface area contributed by atoms with Crippen LogP contribution in [0.5, 0.6) is 0 Å². The van der Waals surface area contributed by atoms with Crippen molar-refractivity contribution in [2.75, 3.05) is 13.1 Å². The summed E-state index contributed by atoms with van der Waals surface area (Å²) in [4.78, 5) is 28.1. The number of hydrogen-bond donors (Lipinski definition) is 0. The fourth-order valence-electron chi connectivity index (χ4n) is 4.53. The SMILES string of the molecule is CC1CCN(C(=O)Cn2ncc3c4ccccc4n(Cc4ccc(F)cc4)c3c2=O)CC1. The lowest BCUT2D eigenvalue weighted by Crippen LogP contribution is -2.41. The van der Waals surface area contributed by atoms with E-state index in [1.165, 1.54) is 16.8 Å². The summed E-state index contributed by atoms with van der Waals surface area (Å²) < 4.78 is 16.6. The van der Waals surface area contributed by atoms with Gasteiger partial charge in [0.2, 0.25) is 5.91 Å². The van der Waals surface area contributed by atoms with Crippen LogP contribution in [-0.2, 0) is 17.9 Å². The lowest BCUT2D eigenvalue weighted by atomic mass is 9.99. The monoisotopic (exact) mass is 432 g/mol. The van der Waals surface area contributed by atoms with Crippen LogP contribution >= 0.6 is 0 Å². The van der Waals surface area contributed by atoms with Crippen molar-refractivity contribution in [3.8, 4) is 0 Å². The van der Waals surface area contributed by atoms with E-state index in [-0.39, 0.29) is 23.8 Å². The molecule has 0 saturated carbocycles. The minimum Gasteiger partial charge on any atom is -0.341 e. The lowest BCUT2D eigenvalue weighted by Gasteiger charge is -2.30. The van der Waals surface area contributed by atoms with Crippen LogP contribution in [0, 0.1) is 11.7 Å². The first-order valence-corrected chi connectivity index (χ1v) is 11.0. The maximum absolute atomic E-state index is 13.5. The van der Waals surface area contributed by atoms with Crippen molar-refractivity contribution >= 4 is 27.7 Å². The van der Waals surface area contributed by atoms with Crippen molar-refractivity contribution < 1.29 is 9.18 Å². The molecule has 0 spiro atoms. The van der Waals surface area contributed by atoms with Gasteiger partial charge in [-0.3, -0.25) is 9.59 Å². The Morgan fingerprint density at radius 2 is 1.78 bits per heavy atom. The molecule has 1 saturated heterocycles. The summed E-state index contributed by atoms with van der Waals surface area (Å²) in [5.74, 6) is 0.249. The molecule has 3 heterocycles. The molecule has 4 aromatic rings. The summed E-state index contributed by atoms with van der Waals surface area (Å²) in [6, 6.07) is 14.0. The zero-order valence-corrected chi connectivity index (χ0v) is 18.0. The minimum atomic E-state index is -0.298. The molecule has 0 radical (unpaired) electrons. The van der Waals surface area contributed by atoms with Gasteiger partial charge in [-0.2, -0.15) is 5.10 Å². The first kappa shape index (κ1) is 20.4. The number of nitrogens with zero attached hydrogens (tertiary/aromatic N) is 4. The first-order chi connectivity index (χ1) is 15.5. The second kappa shape index (κ2) is 8.22. The average molecular weight is 432 g/mol. The van der Waals surface area contributed by atoms with Crippen molar-refractivity contribution in [2.24, 2.45) is 5.92 Å². The Labute approximate surface area is 184 Å². The number of aromatic nitrogens is 3. The quantitative estimate of drug-likeness (QED) is 0.493. The maximum Gasteiger partial charge on any atom is 0.291 e. The summed E-state index contributed by atoms with van der Waals surface area (Å²) in [5, 5.41) is 6.01. The molecule has 1 fully saturated rings. The van der Waals surface area contributed by atoms with Gasteiger partial charge in [-0.25, -0.2) is 9.07 Å². The van der Waals surface area contributed by atoms with E-state index in [0.717, 1.165) is 47.8 Å². The number of carbonyl (C=O) groups excluding carboxylic acids is 1. The van der Waals surface area contributed by atoms with Crippen LogP contribution in [0.25, 0.3) is 21.8 Å². The van der Waals surface area contributed by atoms with Gasteiger partial charge in [0, 0.05) is 35.9 Å². The highest BCUT2D eigenvalue weighted by molar-refractivity contribution is 6.07. The third-order valence-electron chi connectivity index (χ3n) is 6.45. The molecule has 7 heteroatoms. The number of carbonyl (C=O) groups is 1. The smallest absolute Gasteiger partial charge is 0.291 e. The zero-order valence-electron chi connectivity index (χ0n) is 18.0. The van der Waals surface area contributed by atoms with Crippen LogP contribution in [0.15, 0.2) is 59.5 Å². The van der Waals surface area contributed by atoms with Gasteiger partial charge in [0.25, 0.3) is 5.56 Å². The molecule has 0 N–H and O–H groups in total. The number of para-hydroxylation sites is 1. The molecule has 0 atom stereocenters. The van der Waals surface area contributed by atoms with Crippen LogP contribution in [0.1, 0.15) is 25.3 Å². The van der Waals surface area contributed by atoms with Crippen LogP contribution in [0.3, 0.4) is 0 Å². The average Bonchev–Trinajstić information content (AvgIpc) is 3.12. The molecule has 6 nitrogen and oxygen atoms in total. The number of likely N-dealkylation sites (tertiary alicyclic amines) is 1. The molecule has 1 aliphatic rings. The fourth-order valence-corrected chi connectivity index (χ4v) is 4.53. The summed E-state index contributed by atoms with van der Waals surface area (Å²) in [6.45, 7) is 3.99. The number of fused-ring (bicyclic) bond motifs is 3. The molecule has 2 aromatic carbocycles. The first-order valence-electron chi connectivity index (χ1n) is 11.0. The highest BCUT2D eigenvalue weighted by atomic mass is 19.1. The molecule has 1 amide bonds. The van der Waals surface area contributed by atoms with Crippen LogP contribution in [0.4, 0.5) is 4.39 Å². The van der Waals surface area contributed by atoms with E-state index < -0.39 is 0 Å². The van der Waals surface area contributed by atoms with E-state index >= 15 is 0 Å². The predicted octanol–water partition coefficient (Wildman–Crippen LogP) is 3.80. The van der Waals surface area contributed by atoms with Crippen LogP contribution in [-0.4, -0.2) is 38.2 Å². The van der Waals surface area contributed by atoms with Crippen molar-refractivity contribution in [2.45, 2.75) is 32.9 Å². The minimum absolute atomic E-state index is 0.0682. The molecular formula is C25H25FN4O2. The molecule has 1 aliphatic heterocycles. The summed E-state index contributed by atoms with van der Waals surface area (Å²) >= 11 is 0. The van der Waals surface area contributed by atoms with Gasteiger partial charge in [0.15, 0.2) is 0 Å². The Morgan fingerprint density at radius 3 is 2.53 bits per heavy atom. The Morgan fingerprint density at radius 1 is 1.06 bits per heavy atom. The third-order valence-corrected chi connectivity index (χ3v) is 6.45. The maximum atomic E-state index is 13.5. The third kappa shape index (κ3) is 3.68. The van der Waals surface area contributed by atoms with Gasteiger partial charge in [-0.05, 0) is 42.5 Å². The number of piperidine rings is 1. The van der Waals surface area contributed by atoms with E-state index in [2.05, 4.69) is 12.0 Å². The van der Waals surface area contributed by atoms with Gasteiger partial charge in [0.05, 0.1) is 6.20 Å². The van der Waals surface area contributed by atoms with Crippen molar-refractivity contribution in [1.82, 2.24) is 19.2 Å². The second-order valence-electron chi connectivity index (χ2n) is 8.66. The molecule has 0 bridgehead atoms. The largest absolute Gasteiger partial charge is 0.341 e. The highest BCUT2D eigenvalue weighted by Gasteiger charge is 2.22. The Hall–Kier alpha value is -3.48. The molecule has 164 valence electrons. The van der Waals surface area contributed by atoms with Gasteiger partial charge >= 0.3 is 0 Å². The van der Waals surface area contributed by atoms with Gasteiger partial charge in [-0.1, -0.05) is 37.3 Å². The number of hydrogen-bond acceptors (Lipinski definition) is 3. The number of amides is 1. The standard InChI is InChI=1S/C25H25FN4O2/c1-17-10-12-28(13-11-17)23(31)16-30-25(32)24-21(14-27-30)20-4-2-3-5-22(20)29(24)15-18-6-8-19(26)9-7-18/h2-9,14,17H,10-13,15-16H2,1H3. The van der Waals surface area contributed by atoms with Gasteiger partial charge in [-0.15, -0.1) is 0 Å². The second-order valence-corrected chi connectivity index (χ2v) is 8.66. The molecule has 32 heavy (non-hydrogen) atoms. The summed E-state index contributed by atoms with van der Waals surface area (Å²) in [7, 11) is 0. The fraction of sp³-hybridized carbons (Fsp3) is 0.320. The van der Waals surface area contributed by atoms with E-state index in [9.17, 15) is 14.0 Å². The van der Waals surface area contributed by atoms with E-state index in [4.69, 9.17) is 0 Å². The zero-order chi connectivity index (χ0) is 22.2. The molecular weight excluding hydrogens is 407 g/mol.